The fraction of sp³-hybridized carbons (Fsp3) is 0.143. The molecule has 0 fully saturated rings. The zero-order valence-electron chi connectivity index (χ0n) is 12.1. The first-order valence-electron chi connectivity index (χ1n) is 6.46. The third kappa shape index (κ3) is 3.16. The number of nitrogens with one attached hydrogen (secondary N) is 1. The number of aromatic nitrogens is 4. The molecule has 1 aromatic carbocycles. The summed E-state index contributed by atoms with van der Waals surface area (Å²) in [5, 5.41) is 0. The van der Waals surface area contributed by atoms with Crippen LogP contribution in [0.5, 0.6) is 0 Å². The number of methoxy groups -OCH3 is 1. The minimum absolute atomic E-state index is 0. The lowest BCUT2D eigenvalue weighted by Gasteiger charge is -2.05. The third-order valence-corrected chi connectivity index (χ3v) is 3.23. The molecule has 3 aromatic rings. The molecule has 0 atom stereocenters. The summed E-state index contributed by atoms with van der Waals surface area (Å²) in [5.41, 5.74) is 7.17. The number of fused-ring (bicyclic) bond motifs is 1. The Balaban J connectivity index is 0.00000192. The molecule has 0 spiro atoms. The van der Waals surface area contributed by atoms with Crippen molar-refractivity contribution < 1.29 is 9.53 Å². The maximum atomic E-state index is 12.0. The van der Waals surface area contributed by atoms with Gasteiger partial charge in [-0.25, -0.2) is 9.78 Å². The number of imidazole rings is 1. The van der Waals surface area contributed by atoms with E-state index in [0.717, 1.165) is 5.56 Å². The van der Waals surface area contributed by atoms with Gasteiger partial charge in [0.15, 0.2) is 11.2 Å². The number of hydrogen-bond acceptors (Lipinski definition) is 6. The zero-order chi connectivity index (χ0) is 15.7. The number of aromatic amines is 1. The first kappa shape index (κ1) is 16.5. The monoisotopic (exact) mass is 335 g/mol. The van der Waals surface area contributed by atoms with Gasteiger partial charge in [0.05, 0.1) is 19.0 Å². The van der Waals surface area contributed by atoms with Crippen LogP contribution in [0.3, 0.4) is 0 Å². The van der Waals surface area contributed by atoms with Crippen LogP contribution in [0.4, 0.5) is 5.95 Å². The van der Waals surface area contributed by atoms with Gasteiger partial charge in [-0.3, -0.25) is 9.78 Å². The Morgan fingerprint density at radius 3 is 2.70 bits per heavy atom. The summed E-state index contributed by atoms with van der Waals surface area (Å²) >= 11 is 0. The highest BCUT2D eigenvalue weighted by Gasteiger charge is 2.10. The molecule has 0 aliphatic rings. The van der Waals surface area contributed by atoms with Crippen molar-refractivity contribution in [3.05, 3.63) is 52.1 Å². The molecule has 3 rings (SSSR count). The Kier molecular flexibility index (Phi) is 4.65. The second kappa shape index (κ2) is 6.49. The van der Waals surface area contributed by atoms with E-state index in [1.165, 1.54) is 13.4 Å². The second-order valence-electron chi connectivity index (χ2n) is 4.68. The topological polar surface area (TPSA) is 116 Å². The van der Waals surface area contributed by atoms with Gasteiger partial charge in [-0.05, 0) is 17.7 Å². The molecule has 8 nitrogen and oxygen atoms in total. The molecule has 9 heteroatoms. The van der Waals surface area contributed by atoms with Gasteiger partial charge in [-0.2, -0.15) is 4.98 Å². The lowest BCUT2D eigenvalue weighted by Crippen LogP contribution is -2.14. The molecule has 0 unspecified atom stereocenters. The molecule has 0 bridgehead atoms. The van der Waals surface area contributed by atoms with Crippen LogP contribution in [0.25, 0.3) is 11.2 Å². The number of carbonyl (C=O) groups is 1. The lowest BCUT2D eigenvalue weighted by molar-refractivity contribution is 0.0600. The first-order valence-corrected chi connectivity index (χ1v) is 6.46. The number of ether oxygens (including phenoxy) is 1. The average Bonchev–Trinajstić information content (AvgIpc) is 2.90. The number of esters is 1. The summed E-state index contributed by atoms with van der Waals surface area (Å²) in [4.78, 5) is 33.8. The molecule has 3 N–H and O–H groups in total. The standard InChI is InChI=1S/C14H13N5O3.ClH/c1-22-13(21)9-4-2-8(3-5-9)6-19-7-16-11-10(19)12(20)18-14(15)17-11;/h2-5,7H,6H2,1H3,(H3,15,17,18,20);1H. The van der Waals surface area contributed by atoms with Crippen LogP contribution in [-0.2, 0) is 11.3 Å². The molecule has 0 aliphatic heterocycles. The van der Waals surface area contributed by atoms with Crippen molar-refractivity contribution in [1.29, 1.82) is 0 Å². The van der Waals surface area contributed by atoms with Crippen molar-refractivity contribution in [3.63, 3.8) is 0 Å². The fourth-order valence-corrected chi connectivity index (χ4v) is 2.18. The van der Waals surface area contributed by atoms with Gasteiger partial charge >= 0.3 is 5.97 Å². The normalized spacial score (nSPS) is 10.3. The van der Waals surface area contributed by atoms with Gasteiger partial charge in [0, 0.05) is 6.54 Å². The minimum atomic E-state index is -0.393. The summed E-state index contributed by atoms with van der Waals surface area (Å²) in [5.74, 6) is -0.360. The number of nitrogen functional groups attached to an aromatic ring is 1. The number of anilines is 1. The van der Waals surface area contributed by atoms with Crippen molar-refractivity contribution in [2.75, 3.05) is 12.8 Å². The molecular formula is C14H14ClN5O3. The molecule has 0 aliphatic carbocycles. The largest absolute Gasteiger partial charge is 0.465 e. The molecular weight excluding hydrogens is 322 g/mol. The van der Waals surface area contributed by atoms with E-state index in [2.05, 4.69) is 19.7 Å². The van der Waals surface area contributed by atoms with Crippen molar-refractivity contribution >= 4 is 35.5 Å². The fourth-order valence-electron chi connectivity index (χ4n) is 2.18. The van der Waals surface area contributed by atoms with E-state index in [1.807, 2.05) is 0 Å². The molecule has 0 amide bonds. The number of benzene rings is 1. The highest BCUT2D eigenvalue weighted by Crippen LogP contribution is 2.11. The SMILES string of the molecule is COC(=O)c1ccc(Cn2cnc3nc(N)[nH]c(=O)c32)cc1.Cl. The van der Waals surface area contributed by atoms with Crippen LogP contribution >= 0.6 is 12.4 Å². The predicted octanol–water partition coefficient (Wildman–Crippen LogP) is 0.958. The van der Waals surface area contributed by atoms with Gasteiger partial charge < -0.3 is 15.0 Å². The number of rotatable bonds is 3. The maximum Gasteiger partial charge on any atom is 0.337 e. The van der Waals surface area contributed by atoms with Crippen molar-refractivity contribution in [2.24, 2.45) is 0 Å². The summed E-state index contributed by atoms with van der Waals surface area (Å²) in [6, 6.07) is 6.91. The first-order chi connectivity index (χ1) is 10.6. The Morgan fingerprint density at radius 2 is 2.04 bits per heavy atom. The molecule has 2 aromatic heterocycles. The quantitative estimate of drug-likeness (QED) is 0.689. The van der Waals surface area contributed by atoms with Gasteiger partial charge in [-0.15, -0.1) is 12.4 Å². The van der Waals surface area contributed by atoms with Crippen LogP contribution in [-0.4, -0.2) is 32.6 Å². The Hall–Kier alpha value is -2.87. The number of nitrogens with two attached hydrogens (primary N) is 1. The number of H-pyrrole nitrogens is 1. The maximum absolute atomic E-state index is 12.0. The number of nitrogens with zero attached hydrogens (tertiary/aromatic N) is 3. The Bertz CT molecular complexity index is 901. The highest BCUT2D eigenvalue weighted by molar-refractivity contribution is 5.89. The van der Waals surface area contributed by atoms with E-state index in [-0.39, 0.29) is 23.9 Å². The number of halogens is 1. The van der Waals surface area contributed by atoms with Gasteiger partial charge in [0.2, 0.25) is 5.95 Å². The van der Waals surface area contributed by atoms with Crippen LogP contribution in [0, 0.1) is 0 Å². The molecule has 0 saturated carbocycles. The third-order valence-electron chi connectivity index (χ3n) is 3.23. The molecule has 0 saturated heterocycles. The minimum Gasteiger partial charge on any atom is -0.465 e. The predicted molar refractivity (Wildman–Crippen MR) is 86.7 cm³/mol. The van der Waals surface area contributed by atoms with Crippen LogP contribution in [0.2, 0.25) is 0 Å². The van der Waals surface area contributed by atoms with Gasteiger partial charge in [0.25, 0.3) is 5.56 Å². The van der Waals surface area contributed by atoms with E-state index in [9.17, 15) is 9.59 Å². The molecule has 23 heavy (non-hydrogen) atoms. The summed E-state index contributed by atoms with van der Waals surface area (Å²) in [6.07, 6.45) is 1.53. The summed E-state index contributed by atoms with van der Waals surface area (Å²) in [6.45, 7) is 0.423. The lowest BCUT2D eigenvalue weighted by atomic mass is 10.1. The summed E-state index contributed by atoms with van der Waals surface area (Å²) in [7, 11) is 1.33. The highest BCUT2D eigenvalue weighted by atomic mass is 35.5. The van der Waals surface area contributed by atoms with Crippen molar-refractivity contribution in [1.82, 2.24) is 19.5 Å². The van der Waals surface area contributed by atoms with Gasteiger partial charge in [-0.1, -0.05) is 12.1 Å². The number of hydrogen-bond donors (Lipinski definition) is 2. The van der Waals surface area contributed by atoms with Gasteiger partial charge in [0.1, 0.15) is 0 Å². The Labute approximate surface area is 136 Å². The van der Waals surface area contributed by atoms with Crippen molar-refractivity contribution in [3.8, 4) is 0 Å². The van der Waals surface area contributed by atoms with Crippen LogP contribution < -0.4 is 11.3 Å². The molecule has 2 heterocycles. The summed E-state index contributed by atoms with van der Waals surface area (Å²) < 4.78 is 6.32. The van der Waals surface area contributed by atoms with E-state index in [1.54, 1.807) is 28.8 Å². The van der Waals surface area contributed by atoms with E-state index < -0.39 is 5.97 Å². The smallest absolute Gasteiger partial charge is 0.337 e. The zero-order valence-corrected chi connectivity index (χ0v) is 13.0. The van der Waals surface area contributed by atoms with E-state index in [4.69, 9.17) is 5.73 Å². The molecule has 0 radical (unpaired) electrons. The number of carbonyl (C=O) groups excluding carboxylic acids is 1. The Morgan fingerprint density at radius 1 is 1.35 bits per heavy atom. The van der Waals surface area contributed by atoms with Crippen LogP contribution in [0.1, 0.15) is 15.9 Å². The average molecular weight is 336 g/mol. The van der Waals surface area contributed by atoms with E-state index >= 15 is 0 Å². The second-order valence-corrected chi connectivity index (χ2v) is 4.68. The van der Waals surface area contributed by atoms with E-state index in [0.29, 0.717) is 23.3 Å². The molecule has 120 valence electrons. The van der Waals surface area contributed by atoms with Crippen LogP contribution in [0.15, 0.2) is 35.4 Å². The van der Waals surface area contributed by atoms with Crippen molar-refractivity contribution in [2.45, 2.75) is 6.54 Å².